The number of hydrogen-bond acceptors (Lipinski definition) is 3. The number of aromatic amines is 1. The van der Waals surface area contributed by atoms with Crippen molar-refractivity contribution in [2.24, 2.45) is 0 Å². The quantitative estimate of drug-likeness (QED) is 0.818. The summed E-state index contributed by atoms with van der Waals surface area (Å²) in [5.74, 6) is 0. The summed E-state index contributed by atoms with van der Waals surface area (Å²) in [6.45, 7) is 0. The molecule has 0 aliphatic carbocycles. The van der Waals surface area contributed by atoms with Crippen molar-refractivity contribution in [3.8, 4) is 0 Å². The van der Waals surface area contributed by atoms with Gasteiger partial charge in [0.05, 0.1) is 15.9 Å². The summed E-state index contributed by atoms with van der Waals surface area (Å²) in [7, 11) is 1.46. The third-order valence-electron chi connectivity index (χ3n) is 1.77. The number of benzene rings is 1. The molecular weight excluding hydrogens is 327 g/mol. The summed E-state index contributed by atoms with van der Waals surface area (Å²) in [6.07, 6.45) is 0. The van der Waals surface area contributed by atoms with Crippen LogP contribution in [-0.4, -0.2) is 18.4 Å². The standard InChI is InChI=1S/C7H3BrCl2N2O2S/c8-3-1-4-5(12-7(9)11-4)2-6(3)15(10,13)14/h1-2H,(H,11,12). The highest BCUT2D eigenvalue weighted by Gasteiger charge is 2.16. The van der Waals surface area contributed by atoms with Gasteiger partial charge >= 0.3 is 0 Å². The largest absolute Gasteiger partial charge is 0.329 e. The highest BCUT2D eigenvalue weighted by molar-refractivity contribution is 9.10. The SMILES string of the molecule is O=S(=O)(Cl)c1cc2[nH]c(Cl)nc2cc1Br. The summed E-state index contributed by atoms with van der Waals surface area (Å²) in [6, 6.07) is 2.91. The smallest absolute Gasteiger partial charge is 0.262 e. The molecule has 2 aromatic rings. The molecule has 15 heavy (non-hydrogen) atoms. The molecule has 1 aromatic heterocycles. The van der Waals surface area contributed by atoms with Gasteiger partial charge in [-0.3, -0.25) is 0 Å². The maximum absolute atomic E-state index is 11.2. The fourth-order valence-corrected chi connectivity index (χ4v) is 3.54. The molecule has 0 unspecified atom stereocenters. The van der Waals surface area contributed by atoms with Crippen LogP contribution in [0.5, 0.6) is 0 Å². The number of H-pyrrole nitrogens is 1. The second-order valence-corrected chi connectivity index (χ2v) is 6.51. The molecule has 2 rings (SSSR count). The molecule has 0 fully saturated rings. The first kappa shape index (κ1) is 11.2. The lowest BCUT2D eigenvalue weighted by atomic mass is 10.3. The maximum Gasteiger partial charge on any atom is 0.262 e. The summed E-state index contributed by atoms with van der Waals surface area (Å²) in [4.78, 5) is 6.63. The molecule has 0 aliphatic rings. The molecule has 0 bridgehead atoms. The van der Waals surface area contributed by atoms with Gasteiger partial charge in [0, 0.05) is 15.2 Å². The van der Waals surface area contributed by atoms with Gasteiger partial charge in [0.1, 0.15) is 0 Å². The first-order valence-corrected chi connectivity index (χ1v) is 7.15. The van der Waals surface area contributed by atoms with Gasteiger partial charge < -0.3 is 4.98 Å². The zero-order chi connectivity index (χ0) is 11.2. The molecule has 0 saturated carbocycles. The van der Waals surface area contributed by atoms with Crippen LogP contribution in [0.1, 0.15) is 0 Å². The number of halogens is 3. The Morgan fingerprint density at radius 1 is 1.40 bits per heavy atom. The van der Waals surface area contributed by atoms with Crippen molar-refractivity contribution in [3.63, 3.8) is 0 Å². The van der Waals surface area contributed by atoms with Crippen LogP contribution in [0.15, 0.2) is 21.5 Å². The van der Waals surface area contributed by atoms with E-state index in [0.717, 1.165) is 0 Å². The Kier molecular flexibility index (Phi) is 2.70. The second-order valence-electron chi connectivity index (χ2n) is 2.77. The van der Waals surface area contributed by atoms with Gasteiger partial charge in [-0.05, 0) is 39.7 Å². The average Bonchev–Trinajstić information content (AvgIpc) is 2.40. The maximum atomic E-state index is 11.2. The number of fused-ring (bicyclic) bond motifs is 1. The minimum Gasteiger partial charge on any atom is -0.329 e. The number of imidazole rings is 1. The molecule has 0 saturated heterocycles. The van der Waals surface area contributed by atoms with Crippen LogP contribution < -0.4 is 0 Å². The van der Waals surface area contributed by atoms with Gasteiger partial charge in [-0.1, -0.05) is 0 Å². The average molecular weight is 330 g/mol. The van der Waals surface area contributed by atoms with E-state index >= 15 is 0 Å². The molecule has 1 heterocycles. The van der Waals surface area contributed by atoms with E-state index in [0.29, 0.717) is 15.5 Å². The Labute approximate surface area is 103 Å². The number of nitrogens with one attached hydrogen (secondary N) is 1. The Morgan fingerprint density at radius 2 is 2.07 bits per heavy atom. The van der Waals surface area contributed by atoms with E-state index in [1.807, 2.05) is 0 Å². The van der Waals surface area contributed by atoms with Crippen molar-refractivity contribution in [1.82, 2.24) is 9.97 Å². The van der Waals surface area contributed by atoms with Crippen molar-refractivity contribution in [1.29, 1.82) is 0 Å². The molecule has 1 N–H and O–H groups in total. The van der Waals surface area contributed by atoms with Gasteiger partial charge in [-0.2, -0.15) is 0 Å². The van der Waals surface area contributed by atoms with Crippen LogP contribution in [0, 0.1) is 0 Å². The lowest BCUT2D eigenvalue weighted by Gasteiger charge is -1.99. The van der Waals surface area contributed by atoms with Crippen molar-refractivity contribution in [2.45, 2.75) is 4.90 Å². The van der Waals surface area contributed by atoms with Gasteiger partial charge in [0.25, 0.3) is 9.05 Å². The second kappa shape index (κ2) is 3.62. The molecule has 0 amide bonds. The van der Waals surface area contributed by atoms with E-state index in [1.165, 1.54) is 12.1 Å². The Bertz CT molecular complexity index is 638. The topological polar surface area (TPSA) is 62.8 Å². The third kappa shape index (κ3) is 2.13. The monoisotopic (exact) mass is 328 g/mol. The highest BCUT2D eigenvalue weighted by atomic mass is 79.9. The number of rotatable bonds is 1. The Hall–Kier alpha value is -0.300. The van der Waals surface area contributed by atoms with Crippen molar-refractivity contribution < 1.29 is 8.42 Å². The number of aromatic nitrogens is 2. The van der Waals surface area contributed by atoms with Crippen LogP contribution >= 0.6 is 38.2 Å². The van der Waals surface area contributed by atoms with Crippen LogP contribution in [0.4, 0.5) is 0 Å². The van der Waals surface area contributed by atoms with Crippen LogP contribution in [0.25, 0.3) is 11.0 Å². The van der Waals surface area contributed by atoms with Gasteiger partial charge in [0.15, 0.2) is 0 Å². The normalized spacial score (nSPS) is 12.2. The van der Waals surface area contributed by atoms with E-state index in [1.54, 1.807) is 0 Å². The molecule has 0 aliphatic heterocycles. The van der Waals surface area contributed by atoms with Gasteiger partial charge in [0.2, 0.25) is 5.28 Å². The molecular formula is C7H3BrCl2N2O2S. The predicted octanol–water partition coefficient (Wildman–Crippen LogP) is 2.91. The number of nitrogens with zero attached hydrogens (tertiary/aromatic N) is 1. The summed E-state index contributed by atoms with van der Waals surface area (Å²) >= 11 is 8.74. The van der Waals surface area contributed by atoms with Gasteiger partial charge in [-0.15, -0.1) is 0 Å². The molecule has 1 aromatic carbocycles. The molecule has 80 valence electrons. The lowest BCUT2D eigenvalue weighted by Crippen LogP contribution is -1.92. The summed E-state index contributed by atoms with van der Waals surface area (Å²) in [5.41, 5.74) is 1.08. The summed E-state index contributed by atoms with van der Waals surface area (Å²) < 4.78 is 22.7. The fourth-order valence-electron chi connectivity index (χ4n) is 1.17. The number of hydrogen-bond donors (Lipinski definition) is 1. The van der Waals surface area contributed by atoms with Crippen molar-refractivity contribution >= 4 is 58.3 Å². The van der Waals surface area contributed by atoms with Crippen molar-refractivity contribution in [2.75, 3.05) is 0 Å². The molecule has 0 atom stereocenters. The predicted molar refractivity (Wildman–Crippen MR) is 61.8 cm³/mol. The van der Waals surface area contributed by atoms with Gasteiger partial charge in [-0.25, -0.2) is 13.4 Å². The highest BCUT2D eigenvalue weighted by Crippen LogP contribution is 2.29. The van der Waals surface area contributed by atoms with Crippen molar-refractivity contribution in [3.05, 3.63) is 21.9 Å². The first-order chi connectivity index (χ1) is 6.88. The molecule has 8 heteroatoms. The lowest BCUT2D eigenvalue weighted by molar-refractivity contribution is 0.609. The van der Waals surface area contributed by atoms with Crippen LogP contribution in [0.3, 0.4) is 0 Å². The fraction of sp³-hybridized carbons (Fsp3) is 0. The molecule has 4 nitrogen and oxygen atoms in total. The third-order valence-corrected chi connectivity index (χ3v) is 4.23. The zero-order valence-electron chi connectivity index (χ0n) is 6.96. The minimum atomic E-state index is -3.78. The first-order valence-electron chi connectivity index (χ1n) is 3.67. The Balaban J connectivity index is 2.83. The van der Waals surface area contributed by atoms with E-state index < -0.39 is 9.05 Å². The van der Waals surface area contributed by atoms with Crippen LogP contribution in [0.2, 0.25) is 5.28 Å². The molecule has 0 spiro atoms. The Morgan fingerprint density at radius 3 is 2.67 bits per heavy atom. The summed E-state index contributed by atoms with van der Waals surface area (Å²) in [5, 5.41) is 0.195. The van der Waals surface area contributed by atoms with E-state index in [-0.39, 0.29) is 10.2 Å². The van der Waals surface area contributed by atoms with E-state index in [9.17, 15) is 8.42 Å². The molecule has 0 radical (unpaired) electrons. The van der Waals surface area contributed by atoms with Crippen LogP contribution in [-0.2, 0) is 9.05 Å². The zero-order valence-corrected chi connectivity index (χ0v) is 10.9. The van der Waals surface area contributed by atoms with E-state index in [4.69, 9.17) is 22.3 Å². The minimum absolute atomic E-state index is 0.0167. The van der Waals surface area contributed by atoms with E-state index in [2.05, 4.69) is 25.9 Å².